The number of nitrogens with one attached hydrogen (secondary N) is 3. The van der Waals surface area contributed by atoms with Gasteiger partial charge in [0.25, 0.3) is 0 Å². The van der Waals surface area contributed by atoms with Crippen molar-refractivity contribution in [3.63, 3.8) is 0 Å². The van der Waals surface area contributed by atoms with Gasteiger partial charge in [-0.2, -0.15) is 0 Å². The first-order valence-electron chi connectivity index (χ1n) is 8.14. The summed E-state index contributed by atoms with van der Waals surface area (Å²) in [6.45, 7) is 0.714. The topological polar surface area (TPSA) is 105 Å². The molecule has 8 nitrogen and oxygen atoms in total. The van der Waals surface area contributed by atoms with Crippen molar-refractivity contribution in [3.05, 3.63) is 53.2 Å². The Morgan fingerprint density at radius 2 is 2.04 bits per heavy atom. The molecule has 0 bridgehead atoms. The molecule has 4 rings (SSSR count). The number of carbonyl (C=O) groups excluding carboxylic acids is 1. The molecule has 0 spiro atoms. The quantitative estimate of drug-likeness (QED) is 0.457. The lowest BCUT2D eigenvalue weighted by atomic mass is 10.3. The number of thiazole rings is 1. The van der Waals surface area contributed by atoms with Gasteiger partial charge in [0.15, 0.2) is 5.13 Å². The van der Waals surface area contributed by atoms with Crippen LogP contribution in [0.4, 0.5) is 21.6 Å². The number of aromatic nitrogens is 4. The van der Waals surface area contributed by atoms with Gasteiger partial charge in [0.2, 0.25) is 0 Å². The molecule has 4 aromatic heterocycles. The lowest BCUT2D eigenvalue weighted by molar-refractivity contribution is 0.262. The summed E-state index contributed by atoms with van der Waals surface area (Å²) in [5, 5.41) is 11.3. The van der Waals surface area contributed by atoms with Crippen LogP contribution in [0.5, 0.6) is 0 Å². The van der Waals surface area contributed by atoms with E-state index in [0.29, 0.717) is 17.5 Å². The Hall–Kier alpha value is -3.11. The van der Waals surface area contributed by atoms with Gasteiger partial charge in [0.1, 0.15) is 18.0 Å². The van der Waals surface area contributed by atoms with Crippen molar-refractivity contribution in [3.8, 4) is 0 Å². The van der Waals surface area contributed by atoms with Crippen molar-refractivity contribution >= 4 is 55.7 Å². The molecule has 4 heterocycles. The minimum Gasteiger partial charge on any atom is -0.368 e. The van der Waals surface area contributed by atoms with Crippen LogP contribution in [-0.2, 0) is 6.42 Å². The number of hydrogen-bond donors (Lipinski definition) is 3. The molecule has 0 aliphatic heterocycles. The van der Waals surface area contributed by atoms with Crippen LogP contribution < -0.4 is 16.0 Å². The van der Waals surface area contributed by atoms with E-state index < -0.39 is 0 Å². The zero-order chi connectivity index (χ0) is 18.5. The zero-order valence-corrected chi connectivity index (χ0v) is 15.7. The van der Waals surface area contributed by atoms with Gasteiger partial charge in [-0.25, -0.2) is 24.7 Å². The van der Waals surface area contributed by atoms with Crippen LogP contribution in [0.25, 0.3) is 10.2 Å². The second-order valence-corrected chi connectivity index (χ2v) is 7.49. The van der Waals surface area contributed by atoms with Gasteiger partial charge in [-0.1, -0.05) is 6.07 Å². The Labute approximate surface area is 162 Å². The SMILES string of the molecule is O=C(Nc1ccccn1)Nc1ncc(CCNc2ncnc3ccsc23)s1. The highest BCUT2D eigenvalue weighted by Crippen LogP contribution is 2.25. The van der Waals surface area contributed by atoms with Gasteiger partial charge >= 0.3 is 6.03 Å². The Morgan fingerprint density at radius 1 is 1.07 bits per heavy atom. The minimum atomic E-state index is -0.367. The van der Waals surface area contributed by atoms with E-state index in [4.69, 9.17) is 0 Å². The fraction of sp³-hybridized carbons (Fsp3) is 0.118. The molecule has 27 heavy (non-hydrogen) atoms. The first kappa shape index (κ1) is 17.3. The standard InChI is InChI=1S/C17H15N7OS2/c25-16(23-13-3-1-2-6-18-13)24-17-20-9-11(27-17)4-7-19-15-14-12(5-8-26-14)21-10-22-15/h1-3,5-6,8-10H,4,7H2,(H,19,21,22)(H2,18,20,23,24,25). The highest BCUT2D eigenvalue weighted by Gasteiger charge is 2.08. The number of amides is 2. The summed E-state index contributed by atoms with van der Waals surface area (Å²) in [5.41, 5.74) is 0.945. The monoisotopic (exact) mass is 397 g/mol. The predicted octanol–water partition coefficient (Wildman–Crippen LogP) is 3.84. The van der Waals surface area contributed by atoms with Crippen molar-refractivity contribution in [2.75, 3.05) is 22.5 Å². The first-order chi connectivity index (χ1) is 13.3. The maximum absolute atomic E-state index is 12.0. The van der Waals surface area contributed by atoms with Gasteiger partial charge in [-0.05, 0) is 23.6 Å². The number of thiophene rings is 1. The number of carbonyl (C=O) groups is 1. The molecular formula is C17H15N7OS2. The molecule has 3 N–H and O–H groups in total. The Morgan fingerprint density at radius 3 is 2.93 bits per heavy atom. The lowest BCUT2D eigenvalue weighted by Gasteiger charge is -2.05. The summed E-state index contributed by atoms with van der Waals surface area (Å²) in [5.74, 6) is 1.33. The molecule has 0 aromatic carbocycles. The summed E-state index contributed by atoms with van der Waals surface area (Å²) in [7, 11) is 0. The normalized spacial score (nSPS) is 10.7. The van der Waals surface area contributed by atoms with E-state index in [2.05, 4.69) is 35.9 Å². The van der Waals surface area contributed by atoms with Crippen molar-refractivity contribution in [2.45, 2.75) is 6.42 Å². The van der Waals surface area contributed by atoms with Crippen LogP contribution in [0.3, 0.4) is 0 Å². The number of anilines is 3. The van der Waals surface area contributed by atoms with Crippen molar-refractivity contribution in [2.24, 2.45) is 0 Å². The average molecular weight is 397 g/mol. The summed E-state index contributed by atoms with van der Waals surface area (Å²) in [6, 6.07) is 6.92. The first-order valence-corrected chi connectivity index (χ1v) is 9.83. The van der Waals surface area contributed by atoms with Crippen LogP contribution in [0.15, 0.2) is 48.4 Å². The Bertz CT molecular complexity index is 1050. The predicted molar refractivity (Wildman–Crippen MR) is 109 cm³/mol. The fourth-order valence-electron chi connectivity index (χ4n) is 2.38. The molecule has 10 heteroatoms. The Balaban J connectivity index is 1.29. The minimum absolute atomic E-state index is 0.367. The van der Waals surface area contributed by atoms with Crippen LogP contribution in [-0.4, -0.2) is 32.5 Å². The molecular weight excluding hydrogens is 382 g/mol. The van der Waals surface area contributed by atoms with E-state index in [1.54, 1.807) is 48.3 Å². The van der Waals surface area contributed by atoms with Crippen LogP contribution in [0, 0.1) is 0 Å². The van der Waals surface area contributed by atoms with E-state index in [-0.39, 0.29) is 6.03 Å². The molecule has 0 fully saturated rings. The van der Waals surface area contributed by atoms with Gasteiger partial charge in [0.05, 0.1) is 10.2 Å². The highest BCUT2D eigenvalue weighted by molar-refractivity contribution is 7.17. The van der Waals surface area contributed by atoms with Crippen molar-refractivity contribution < 1.29 is 4.79 Å². The maximum Gasteiger partial charge on any atom is 0.326 e. The van der Waals surface area contributed by atoms with Crippen molar-refractivity contribution in [1.29, 1.82) is 0 Å². The molecule has 136 valence electrons. The number of fused-ring (bicyclic) bond motifs is 1. The van der Waals surface area contributed by atoms with E-state index in [9.17, 15) is 4.79 Å². The summed E-state index contributed by atoms with van der Waals surface area (Å²) >= 11 is 3.05. The van der Waals surface area contributed by atoms with Gasteiger partial charge in [0, 0.05) is 30.2 Å². The van der Waals surface area contributed by atoms with Crippen LogP contribution in [0.1, 0.15) is 4.88 Å². The third-order valence-electron chi connectivity index (χ3n) is 3.59. The van der Waals surface area contributed by atoms with Crippen molar-refractivity contribution in [1.82, 2.24) is 19.9 Å². The molecule has 0 atom stereocenters. The molecule has 0 aliphatic rings. The van der Waals surface area contributed by atoms with Gasteiger partial charge in [-0.15, -0.1) is 22.7 Å². The molecule has 0 saturated carbocycles. The maximum atomic E-state index is 12.0. The van der Waals surface area contributed by atoms with Crippen LogP contribution >= 0.6 is 22.7 Å². The zero-order valence-electron chi connectivity index (χ0n) is 14.0. The molecule has 2 amide bonds. The second kappa shape index (κ2) is 8.06. The number of pyridine rings is 1. The molecule has 0 radical (unpaired) electrons. The summed E-state index contributed by atoms with van der Waals surface area (Å²) in [6.07, 6.45) is 5.72. The van der Waals surface area contributed by atoms with E-state index in [1.807, 2.05) is 11.4 Å². The average Bonchev–Trinajstić information content (AvgIpc) is 3.32. The third-order valence-corrected chi connectivity index (χ3v) is 5.47. The van der Waals surface area contributed by atoms with Gasteiger partial charge in [-0.3, -0.25) is 10.6 Å². The molecule has 4 aromatic rings. The lowest BCUT2D eigenvalue weighted by Crippen LogP contribution is -2.19. The van der Waals surface area contributed by atoms with E-state index in [1.165, 1.54) is 11.3 Å². The van der Waals surface area contributed by atoms with Crippen LogP contribution in [0.2, 0.25) is 0 Å². The molecule has 0 saturated heterocycles. The summed E-state index contributed by atoms with van der Waals surface area (Å²) in [4.78, 5) is 29.8. The highest BCUT2D eigenvalue weighted by atomic mass is 32.1. The smallest absolute Gasteiger partial charge is 0.326 e. The Kier molecular flexibility index (Phi) is 5.17. The number of rotatable bonds is 6. The van der Waals surface area contributed by atoms with E-state index >= 15 is 0 Å². The molecule has 0 unspecified atom stereocenters. The number of nitrogens with zero attached hydrogens (tertiary/aromatic N) is 4. The largest absolute Gasteiger partial charge is 0.368 e. The fourth-order valence-corrected chi connectivity index (χ4v) is 4.00. The van der Waals surface area contributed by atoms with Gasteiger partial charge < -0.3 is 5.32 Å². The second-order valence-electron chi connectivity index (χ2n) is 5.46. The molecule has 0 aliphatic carbocycles. The third kappa shape index (κ3) is 4.36. The van der Waals surface area contributed by atoms with E-state index in [0.717, 1.165) is 27.3 Å². The number of hydrogen-bond acceptors (Lipinski definition) is 8. The summed E-state index contributed by atoms with van der Waals surface area (Å²) < 4.78 is 1.05. The number of urea groups is 1.